The second-order valence-electron chi connectivity index (χ2n) is 8.49. The quantitative estimate of drug-likeness (QED) is 0.485. The summed E-state index contributed by atoms with van der Waals surface area (Å²) in [5, 5.41) is 11.1. The van der Waals surface area contributed by atoms with Crippen molar-refractivity contribution in [2.45, 2.75) is 6.10 Å². The zero-order chi connectivity index (χ0) is 22.2. The molecule has 0 aliphatic carbocycles. The van der Waals surface area contributed by atoms with Gasteiger partial charge in [-0.05, 0) is 54.6 Å². The third-order valence-corrected chi connectivity index (χ3v) is 6.37. The summed E-state index contributed by atoms with van der Waals surface area (Å²) in [6.45, 7) is 5.08. The lowest BCUT2D eigenvalue weighted by Gasteiger charge is -2.38. The molecule has 2 aromatic heterocycles. The number of piperazine rings is 1. The Morgan fingerprint density at radius 1 is 1.00 bits per heavy atom. The van der Waals surface area contributed by atoms with Crippen molar-refractivity contribution in [2.24, 2.45) is 0 Å². The molecule has 2 aromatic carbocycles. The molecule has 4 heterocycles. The molecular weight excluding hydrogens is 414 g/mol. The molecule has 0 spiro atoms. The van der Waals surface area contributed by atoms with E-state index >= 15 is 0 Å². The summed E-state index contributed by atoms with van der Waals surface area (Å²) in [6.07, 6.45) is 1.78. The maximum absolute atomic E-state index is 9.09. The minimum Gasteiger partial charge on any atom is -0.486 e. The molecule has 0 amide bonds. The lowest BCUT2D eigenvalue weighted by molar-refractivity contribution is 0.0587. The van der Waals surface area contributed by atoms with Gasteiger partial charge in [-0.1, -0.05) is 0 Å². The number of nitrogens with zero attached hydrogens (tertiary/aromatic N) is 5. The van der Waals surface area contributed by atoms with Crippen LogP contribution in [-0.2, 0) is 0 Å². The molecule has 1 atom stereocenters. The Morgan fingerprint density at radius 3 is 2.76 bits per heavy atom. The minimum absolute atomic E-state index is 0.0111. The number of anilines is 1. The van der Waals surface area contributed by atoms with E-state index in [-0.39, 0.29) is 6.10 Å². The van der Waals surface area contributed by atoms with Crippen molar-refractivity contribution in [2.75, 3.05) is 44.2 Å². The molecule has 33 heavy (non-hydrogen) atoms. The topological polar surface area (TPSA) is 74.5 Å². The van der Waals surface area contributed by atoms with Gasteiger partial charge in [-0.3, -0.25) is 9.88 Å². The van der Waals surface area contributed by atoms with Crippen molar-refractivity contribution in [1.82, 2.24) is 14.9 Å². The van der Waals surface area contributed by atoms with Crippen LogP contribution in [0.1, 0.15) is 5.56 Å². The van der Waals surface area contributed by atoms with Crippen molar-refractivity contribution >= 4 is 27.6 Å². The van der Waals surface area contributed by atoms with E-state index in [1.54, 1.807) is 6.20 Å². The van der Waals surface area contributed by atoms with Gasteiger partial charge in [0.15, 0.2) is 11.5 Å². The molecule has 164 valence electrons. The maximum atomic E-state index is 9.09. The first-order chi connectivity index (χ1) is 16.3. The van der Waals surface area contributed by atoms with Crippen LogP contribution in [0.4, 0.5) is 5.82 Å². The Kier molecular flexibility index (Phi) is 4.93. The van der Waals surface area contributed by atoms with Gasteiger partial charge < -0.3 is 14.4 Å². The molecule has 2 aliphatic heterocycles. The highest BCUT2D eigenvalue weighted by molar-refractivity contribution is 5.88. The van der Waals surface area contributed by atoms with Crippen molar-refractivity contribution < 1.29 is 9.47 Å². The van der Waals surface area contributed by atoms with Gasteiger partial charge >= 0.3 is 0 Å². The van der Waals surface area contributed by atoms with Crippen LogP contribution in [0.25, 0.3) is 21.8 Å². The lowest BCUT2D eigenvalue weighted by Crippen LogP contribution is -2.50. The van der Waals surface area contributed by atoms with Crippen LogP contribution in [0, 0.1) is 11.3 Å². The van der Waals surface area contributed by atoms with Gasteiger partial charge in [0.25, 0.3) is 0 Å². The fourth-order valence-corrected chi connectivity index (χ4v) is 4.62. The Labute approximate surface area is 191 Å². The average Bonchev–Trinajstić information content (AvgIpc) is 2.88. The summed E-state index contributed by atoms with van der Waals surface area (Å²) in [5.74, 6) is 2.58. The Hall–Kier alpha value is -3.89. The van der Waals surface area contributed by atoms with E-state index in [1.165, 1.54) is 0 Å². The molecule has 4 aromatic rings. The number of ether oxygens (including phenoxy) is 2. The summed E-state index contributed by atoms with van der Waals surface area (Å²) in [4.78, 5) is 14.0. The molecule has 0 saturated carbocycles. The molecule has 1 saturated heterocycles. The highest BCUT2D eigenvalue weighted by Crippen LogP contribution is 2.38. The van der Waals surface area contributed by atoms with Crippen LogP contribution in [0.5, 0.6) is 11.5 Å². The standard InChI is InChI=1S/C26H23N5O2/c27-15-18-3-5-22-19(14-18)4-8-25(29-22)31-12-10-30(11-13-31)16-20-17-32-24-7-6-23-21(26(24)33-20)2-1-9-28-23/h1-9,14,20H,10-13,16-17H2/t20-/m0/s1. The predicted molar refractivity (Wildman–Crippen MR) is 127 cm³/mol. The van der Waals surface area contributed by atoms with E-state index in [0.717, 1.165) is 71.8 Å². The number of nitriles is 1. The number of hydrogen-bond donors (Lipinski definition) is 0. The summed E-state index contributed by atoms with van der Waals surface area (Å²) < 4.78 is 12.4. The van der Waals surface area contributed by atoms with Gasteiger partial charge in [0.05, 0.1) is 22.7 Å². The highest BCUT2D eigenvalue weighted by atomic mass is 16.6. The molecule has 7 nitrogen and oxygen atoms in total. The molecule has 0 radical (unpaired) electrons. The maximum Gasteiger partial charge on any atom is 0.171 e. The summed E-state index contributed by atoms with van der Waals surface area (Å²) in [7, 11) is 0. The van der Waals surface area contributed by atoms with Crippen LogP contribution in [0.15, 0.2) is 60.8 Å². The van der Waals surface area contributed by atoms with Gasteiger partial charge in [0.2, 0.25) is 0 Å². The Morgan fingerprint density at radius 2 is 1.88 bits per heavy atom. The smallest absolute Gasteiger partial charge is 0.171 e. The average molecular weight is 438 g/mol. The first-order valence-corrected chi connectivity index (χ1v) is 11.2. The SMILES string of the molecule is N#Cc1ccc2nc(N3CCN(C[C@H]4COc5ccc6ncccc6c5O4)CC3)ccc2c1. The predicted octanol–water partition coefficient (Wildman–Crippen LogP) is 3.62. The summed E-state index contributed by atoms with van der Waals surface area (Å²) in [5.41, 5.74) is 2.49. The molecule has 1 fully saturated rings. The second kappa shape index (κ2) is 8.23. The third-order valence-electron chi connectivity index (χ3n) is 6.37. The van der Waals surface area contributed by atoms with E-state index in [9.17, 15) is 0 Å². The van der Waals surface area contributed by atoms with Gasteiger partial charge in [0, 0.05) is 49.7 Å². The van der Waals surface area contributed by atoms with E-state index in [4.69, 9.17) is 19.7 Å². The first kappa shape index (κ1) is 19.8. The van der Waals surface area contributed by atoms with E-state index < -0.39 is 0 Å². The number of benzene rings is 2. The van der Waals surface area contributed by atoms with Crippen LogP contribution >= 0.6 is 0 Å². The fourth-order valence-electron chi connectivity index (χ4n) is 4.62. The van der Waals surface area contributed by atoms with E-state index in [1.807, 2.05) is 48.5 Å². The summed E-state index contributed by atoms with van der Waals surface area (Å²) >= 11 is 0. The van der Waals surface area contributed by atoms with Crippen LogP contribution in [0.3, 0.4) is 0 Å². The molecule has 7 heteroatoms. The highest BCUT2D eigenvalue weighted by Gasteiger charge is 2.27. The van der Waals surface area contributed by atoms with Gasteiger partial charge in [-0.25, -0.2) is 4.98 Å². The number of pyridine rings is 2. The number of fused-ring (bicyclic) bond motifs is 4. The van der Waals surface area contributed by atoms with Crippen molar-refractivity contribution in [3.05, 3.63) is 66.4 Å². The Bertz CT molecular complexity index is 1370. The van der Waals surface area contributed by atoms with Gasteiger partial charge in [-0.15, -0.1) is 0 Å². The Balaban J connectivity index is 1.10. The van der Waals surface area contributed by atoms with Crippen LogP contribution in [0.2, 0.25) is 0 Å². The van der Waals surface area contributed by atoms with E-state index in [2.05, 4.69) is 26.9 Å². The second-order valence-corrected chi connectivity index (χ2v) is 8.49. The van der Waals surface area contributed by atoms with Crippen molar-refractivity contribution in [3.8, 4) is 17.6 Å². The van der Waals surface area contributed by atoms with Crippen LogP contribution in [-0.4, -0.2) is 60.3 Å². The largest absolute Gasteiger partial charge is 0.486 e. The van der Waals surface area contributed by atoms with Gasteiger partial charge in [-0.2, -0.15) is 5.26 Å². The molecule has 0 bridgehead atoms. The monoisotopic (exact) mass is 437 g/mol. The molecule has 0 N–H and O–H groups in total. The fraction of sp³-hybridized carbons (Fsp3) is 0.269. The number of hydrogen-bond acceptors (Lipinski definition) is 7. The van der Waals surface area contributed by atoms with Gasteiger partial charge in [0.1, 0.15) is 18.5 Å². The van der Waals surface area contributed by atoms with Crippen molar-refractivity contribution in [3.63, 3.8) is 0 Å². The normalized spacial score (nSPS) is 18.4. The van der Waals surface area contributed by atoms with E-state index in [0.29, 0.717) is 12.2 Å². The van der Waals surface area contributed by atoms with Crippen LogP contribution < -0.4 is 14.4 Å². The zero-order valence-corrected chi connectivity index (χ0v) is 18.1. The minimum atomic E-state index is -0.0111. The molecule has 2 aliphatic rings. The zero-order valence-electron chi connectivity index (χ0n) is 18.1. The molecular formula is C26H23N5O2. The molecule has 0 unspecified atom stereocenters. The lowest BCUT2D eigenvalue weighted by atomic mass is 10.1. The third kappa shape index (κ3) is 3.79. The van der Waals surface area contributed by atoms with Crippen molar-refractivity contribution in [1.29, 1.82) is 5.26 Å². The number of aromatic nitrogens is 2. The first-order valence-electron chi connectivity index (χ1n) is 11.2. The summed E-state index contributed by atoms with van der Waals surface area (Å²) in [6, 6.07) is 19.8. The number of rotatable bonds is 3. The molecule has 6 rings (SSSR count).